The van der Waals surface area contributed by atoms with Crippen molar-refractivity contribution in [1.82, 2.24) is 0 Å². The van der Waals surface area contributed by atoms with E-state index >= 15 is 0 Å². The normalized spacial score (nSPS) is 14.1. The molecule has 0 amide bonds. The van der Waals surface area contributed by atoms with Crippen LogP contribution in [-0.2, 0) is 0 Å². The maximum Gasteiger partial charge on any atom is 0.0563 e. The Bertz CT molecular complexity index is 72.4. The summed E-state index contributed by atoms with van der Waals surface area (Å²) < 4.78 is 0.313. The number of thiol groups is 4. The minimum Gasteiger partial charge on any atom is -0.178 e. The standard InChI is InChI=1S/C5H12S5/c6-1-4(2-7)10-5(9)3-8/h4-9H,1-3H2. The second-order valence-electron chi connectivity index (χ2n) is 1.76. The maximum atomic E-state index is 4.30. The van der Waals surface area contributed by atoms with E-state index in [9.17, 15) is 0 Å². The number of hydrogen-bond donors (Lipinski definition) is 4. The van der Waals surface area contributed by atoms with Crippen molar-refractivity contribution in [3.63, 3.8) is 0 Å². The molecule has 0 saturated carbocycles. The minimum atomic E-state index is 0.313. The lowest BCUT2D eigenvalue weighted by molar-refractivity contribution is 1.15. The van der Waals surface area contributed by atoms with Gasteiger partial charge in [0.25, 0.3) is 0 Å². The third-order valence-electron chi connectivity index (χ3n) is 0.913. The van der Waals surface area contributed by atoms with Crippen LogP contribution in [0.3, 0.4) is 0 Å². The van der Waals surface area contributed by atoms with Crippen molar-refractivity contribution in [3.05, 3.63) is 0 Å². The molecule has 0 radical (unpaired) electrons. The van der Waals surface area contributed by atoms with Crippen molar-refractivity contribution in [3.8, 4) is 0 Å². The summed E-state index contributed by atoms with van der Waals surface area (Å²) in [6, 6.07) is 0. The molecule has 0 N–H and O–H groups in total. The molecular weight excluding hydrogens is 220 g/mol. The van der Waals surface area contributed by atoms with Crippen molar-refractivity contribution < 1.29 is 0 Å². The molecule has 0 heterocycles. The van der Waals surface area contributed by atoms with E-state index in [1.165, 1.54) is 0 Å². The first-order chi connectivity index (χ1) is 4.74. The summed E-state index contributed by atoms with van der Waals surface area (Å²) in [5.74, 6) is 2.52. The van der Waals surface area contributed by atoms with Gasteiger partial charge in [0.1, 0.15) is 0 Å². The molecule has 0 aromatic carbocycles. The van der Waals surface area contributed by atoms with E-state index in [1.807, 2.05) is 0 Å². The van der Waals surface area contributed by atoms with Crippen LogP contribution in [0.5, 0.6) is 0 Å². The van der Waals surface area contributed by atoms with E-state index in [1.54, 1.807) is 11.8 Å². The Balaban J connectivity index is 3.41. The highest BCUT2D eigenvalue weighted by Crippen LogP contribution is 2.23. The van der Waals surface area contributed by atoms with Gasteiger partial charge in [0.15, 0.2) is 0 Å². The summed E-state index contributed by atoms with van der Waals surface area (Å²) >= 11 is 18.6. The number of thioether (sulfide) groups is 1. The van der Waals surface area contributed by atoms with Gasteiger partial charge in [0.2, 0.25) is 0 Å². The zero-order valence-electron chi connectivity index (χ0n) is 5.47. The van der Waals surface area contributed by atoms with Gasteiger partial charge in [-0.25, -0.2) is 0 Å². The minimum absolute atomic E-state index is 0.313. The Morgan fingerprint density at radius 2 is 1.50 bits per heavy atom. The van der Waals surface area contributed by atoms with Gasteiger partial charge in [-0.05, 0) is 0 Å². The van der Waals surface area contributed by atoms with Gasteiger partial charge >= 0.3 is 0 Å². The number of hydrogen-bond acceptors (Lipinski definition) is 5. The topological polar surface area (TPSA) is 0 Å². The highest BCUT2D eigenvalue weighted by molar-refractivity contribution is 8.12. The lowest BCUT2D eigenvalue weighted by Gasteiger charge is -2.14. The Kier molecular flexibility index (Phi) is 8.70. The molecule has 0 aliphatic carbocycles. The van der Waals surface area contributed by atoms with Crippen molar-refractivity contribution in [1.29, 1.82) is 0 Å². The molecule has 1 atom stereocenters. The Hall–Kier alpha value is 1.75. The number of rotatable bonds is 5. The molecule has 62 valence electrons. The average molecular weight is 232 g/mol. The first-order valence-corrected chi connectivity index (χ1v) is 6.26. The molecule has 0 aromatic heterocycles. The van der Waals surface area contributed by atoms with Gasteiger partial charge in [0, 0.05) is 22.5 Å². The molecule has 10 heavy (non-hydrogen) atoms. The molecule has 0 aliphatic rings. The SMILES string of the molecule is SCC(S)SC(CS)CS. The summed E-state index contributed by atoms with van der Waals surface area (Å²) in [5.41, 5.74) is 0. The van der Waals surface area contributed by atoms with E-state index in [2.05, 4.69) is 50.5 Å². The fraction of sp³-hybridized carbons (Fsp3) is 1.00. The van der Waals surface area contributed by atoms with Crippen LogP contribution in [0.25, 0.3) is 0 Å². The van der Waals surface area contributed by atoms with Crippen LogP contribution in [0.1, 0.15) is 0 Å². The Labute approximate surface area is 88.9 Å². The van der Waals surface area contributed by atoms with Gasteiger partial charge in [-0.15, -0.1) is 11.8 Å². The fourth-order valence-electron chi connectivity index (χ4n) is 0.409. The van der Waals surface area contributed by atoms with Gasteiger partial charge < -0.3 is 0 Å². The summed E-state index contributed by atoms with van der Waals surface area (Å²) in [4.78, 5) is 0. The van der Waals surface area contributed by atoms with Gasteiger partial charge in [0.05, 0.1) is 4.58 Å². The molecule has 0 nitrogen and oxygen atoms in total. The summed E-state index contributed by atoms with van der Waals surface area (Å²) in [6.45, 7) is 0. The van der Waals surface area contributed by atoms with Gasteiger partial charge in [-0.1, -0.05) is 0 Å². The van der Waals surface area contributed by atoms with E-state index in [4.69, 9.17) is 0 Å². The third-order valence-corrected chi connectivity index (χ3v) is 4.94. The zero-order chi connectivity index (χ0) is 7.98. The fourth-order valence-corrected chi connectivity index (χ4v) is 2.86. The second-order valence-corrected chi connectivity index (χ2v) is 5.34. The summed E-state index contributed by atoms with van der Waals surface area (Å²) in [7, 11) is 0. The van der Waals surface area contributed by atoms with E-state index in [-0.39, 0.29) is 0 Å². The third kappa shape index (κ3) is 5.41. The Morgan fingerprint density at radius 3 is 1.80 bits per heavy atom. The molecule has 0 rings (SSSR count). The molecule has 0 aromatic rings. The van der Waals surface area contributed by atoms with Crippen LogP contribution in [0.2, 0.25) is 0 Å². The van der Waals surface area contributed by atoms with Crippen LogP contribution in [-0.4, -0.2) is 27.1 Å². The second kappa shape index (κ2) is 7.40. The van der Waals surface area contributed by atoms with Crippen LogP contribution in [0.15, 0.2) is 0 Å². The monoisotopic (exact) mass is 232 g/mol. The molecule has 0 bridgehead atoms. The van der Waals surface area contributed by atoms with E-state index in [0.29, 0.717) is 9.83 Å². The summed E-state index contributed by atoms with van der Waals surface area (Å²) in [6.07, 6.45) is 0. The van der Waals surface area contributed by atoms with Crippen molar-refractivity contribution in [2.45, 2.75) is 9.83 Å². The summed E-state index contributed by atoms with van der Waals surface area (Å²) in [5, 5.41) is 0.501. The smallest absolute Gasteiger partial charge is 0.0563 e. The first kappa shape index (κ1) is 11.8. The molecule has 1 unspecified atom stereocenters. The molecule has 0 aliphatic heterocycles. The van der Waals surface area contributed by atoms with Crippen molar-refractivity contribution in [2.75, 3.05) is 17.3 Å². The lowest BCUT2D eigenvalue weighted by atomic mass is 10.5. The lowest BCUT2D eigenvalue weighted by Crippen LogP contribution is -2.11. The van der Waals surface area contributed by atoms with E-state index in [0.717, 1.165) is 17.3 Å². The van der Waals surface area contributed by atoms with Crippen molar-refractivity contribution >= 4 is 62.3 Å². The molecule has 5 heteroatoms. The predicted molar refractivity (Wildman–Crippen MR) is 65.7 cm³/mol. The van der Waals surface area contributed by atoms with Crippen molar-refractivity contribution in [2.24, 2.45) is 0 Å². The molecule has 0 spiro atoms. The predicted octanol–water partition coefficient (Wildman–Crippen LogP) is 2.13. The largest absolute Gasteiger partial charge is 0.178 e. The first-order valence-electron chi connectivity index (χ1n) is 2.90. The van der Waals surface area contributed by atoms with Gasteiger partial charge in [-0.3, -0.25) is 0 Å². The van der Waals surface area contributed by atoms with Crippen LogP contribution in [0.4, 0.5) is 0 Å². The highest BCUT2D eigenvalue weighted by Gasteiger charge is 2.09. The van der Waals surface area contributed by atoms with Crippen LogP contribution < -0.4 is 0 Å². The van der Waals surface area contributed by atoms with Crippen LogP contribution >= 0.6 is 62.3 Å². The zero-order valence-corrected chi connectivity index (χ0v) is 9.87. The molecule has 0 fully saturated rings. The van der Waals surface area contributed by atoms with E-state index < -0.39 is 0 Å². The maximum absolute atomic E-state index is 4.30. The Morgan fingerprint density at radius 1 is 1.00 bits per heavy atom. The highest BCUT2D eigenvalue weighted by atomic mass is 32.2. The molecular formula is C5H12S5. The van der Waals surface area contributed by atoms with Crippen LogP contribution in [0, 0.1) is 0 Å². The quantitative estimate of drug-likeness (QED) is 0.416. The molecule has 0 saturated heterocycles. The average Bonchev–Trinajstić information content (AvgIpc) is 1.99. The van der Waals surface area contributed by atoms with Gasteiger partial charge in [-0.2, -0.15) is 50.5 Å².